The first-order chi connectivity index (χ1) is 14.1. The summed E-state index contributed by atoms with van der Waals surface area (Å²) in [6.07, 6.45) is -5.79. The standard InChI is InChI=1S/C24H25F3O2Si/c1-23(2,3)30(20-10-6-4-7-11-20,21-12-8-5-9-13-21)29-22(28)18-14-16-19(17-15-18)24(25,26)27/h4-17,22,28H,1-3H3. The number of aliphatic hydroxyl groups excluding tert-OH is 1. The Labute approximate surface area is 176 Å². The molecule has 0 bridgehead atoms. The average Bonchev–Trinajstić information content (AvgIpc) is 2.71. The highest BCUT2D eigenvalue weighted by Gasteiger charge is 2.51. The molecule has 158 valence electrons. The molecule has 0 saturated heterocycles. The first-order valence-corrected chi connectivity index (χ1v) is 11.6. The van der Waals surface area contributed by atoms with E-state index in [1.807, 2.05) is 60.7 Å². The van der Waals surface area contributed by atoms with Crippen molar-refractivity contribution in [1.82, 2.24) is 0 Å². The van der Waals surface area contributed by atoms with E-state index in [4.69, 9.17) is 4.43 Å². The predicted molar refractivity (Wildman–Crippen MR) is 115 cm³/mol. The third-order valence-electron chi connectivity index (χ3n) is 5.23. The average molecular weight is 431 g/mol. The van der Waals surface area contributed by atoms with Crippen molar-refractivity contribution in [2.45, 2.75) is 38.3 Å². The Morgan fingerprint density at radius 3 is 1.53 bits per heavy atom. The summed E-state index contributed by atoms with van der Waals surface area (Å²) in [5, 5.41) is 12.6. The topological polar surface area (TPSA) is 29.5 Å². The summed E-state index contributed by atoms with van der Waals surface area (Å²) in [6, 6.07) is 24.0. The van der Waals surface area contributed by atoms with Crippen LogP contribution >= 0.6 is 0 Å². The molecule has 3 aromatic rings. The van der Waals surface area contributed by atoms with Crippen LogP contribution in [0.2, 0.25) is 5.04 Å². The molecule has 6 heteroatoms. The van der Waals surface area contributed by atoms with E-state index in [2.05, 4.69) is 20.8 Å². The maximum atomic E-state index is 12.9. The monoisotopic (exact) mass is 430 g/mol. The number of halogens is 3. The van der Waals surface area contributed by atoms with Gasteiger partial charge in [-0.3, -0.25) is 0 Å². The molecule has 2 nitrogen and oxygen atoms in total. The van der Waals surface area contributed by atoms with Crippen molar-refractivity contribution in [3.63, 3.8) is 0 Å². The molecular weight excluding hydrogens is 405 g/mol. The number of hydrogen-bond acceptors (Lipinski definition) is 2. The van der Waals surface area contributed by atoms with Gasteiger partial charge < -0.3 is 9.53 Å². The minimum atomic E-state index is -4.43. The maximum Gasteiger partial charge on any atom is 0.416 e. The third-order valence-corrected chi connectivity index (χ3v) is 10.2. The molecule has 30 heavy (non-hydrogen) atoms. The molecule has 3 rings (SSSR count). The second kappa shape index (κ2) is 8.38. The maximum absolute atomic E-state index is 12.9. The fraction of sp³-hybridized carbons (Fsp3) is 0.250. The molecule has 0 radical (unpaired) electrons. The van der Waals surface area contributed by atoms with Crippen LogP contribution in [-0.2, 0) is 10.6 Å². The van der Waals surface area contributed by atoms with Gasteiger partial charge in [-0.15, -0.1) is 0 Å². The first-order valence-electron chi connectivity index (χ1n) is 9.70. The van der Waals surface area contributed by atoms with Crippen LogP contribution in [0.25, 0.3) is 0 Å². The van der Waals surface area contributed by atoms with Crippen molar-refractivity contribution < 1.29 is 22.7 Å². The highest BCUT2D eigenvalue weighted by Crippen LogP contribution is 2.39. The van der Waals surface area contributed by atoms with Crippen molar-refractivity contribution in [1.29, 1.82) is 0 Å². The van der Waals surface area contributed by atoms with Gasteiger partial charge >= 0.3 is 6.18 Å². The lowest BCUT2D eigenvalue weighted by molar-refractivity contribution is -0.137. The smallest absolute Gasteiger partial charge is 0.379 e. The van der Waals surface area contributed by atoms with Crippen molar-refractivity contribution in [2.75, 3.05) is 0 Å². The van der Waals surface area contributed by atoms with Gasteiger partial charge in [0.15, 0.2) is 6.29 Å². The molecule has 1 N–H and O–H groups in total. The predicted octanol–water partition coefficient (Wildman–Crippen LogP) is 5.27. The summed E-state index contributed by atoms with van der Waals surface area (Å²) < 4.78 is 45.2. The van der Waals surface area contributed by atoms with Crippen LogP contribution in [-0.4, -0.2) is 13.4 Å². The molecule has 0 saturated carbocycles. The van der Waals surface area contributed by atoms with Crippen LogP contribution in [0.5, 0.6) is 0 Å². The van der Waals surface area contributed by atoms with Crippen molar-refractivity contribution in [3.05, 3.63) is 96.1 Å². The van der Waals surface area contributed by atoms with Gasteiger partial charge in [-0.1, -0.05) is 93.6 Å². The lowest BCUT2D eigenvalue weighted by atomic mass is 10.1. The van der Waals surface area contributed by atoms with Gasteiger partial charge in [-0.2, -0.15) is 13.2 Å². The van der Waals surface area contributed by atoms with E-state index in [0.717, 1.165) is 22.5 Å². The second-order valence-corrected chi connectivity index (χ2v) is 12.5. The van der Waals surface area contributed by atoms with E-state index in [1.54, 1.807) is 0 Å². The van der Waals surface area contributed by atoms with Gasteiger partial charge in [0.25, 0.3) is 8.32 Å². The van der Waals surface area contributed by atoms with Gasteiger partial charge in [-0.25, -0.2) is 0 Å². The van der Waals surface area contributed by atoms with Gasteiger partial charge in [0.05, 0.1) is 5.56 Å². The molecule has 0 heterocycles. The summed E-state index contributed by atoms with van der Waals surface area (Å²) in [5.74, 6) is 0. The van der Waals surface area contributed by atoms with Crippen molar-refractivity contribution in [2.24, 2.45) is 0 Å². The molecule has 0 aliphatic rings. The Morgan fingerprint density at radius 1 is 0.733 bits per heavy atom. The number of benzene rings is 3. The van der Waals surface area contributed by atoms with Crippen LogP contribution in [0.15, 0.2) is 84.9 Å². The summed E-state index contributed by atoms with van der Waals surface area (Å²) >= 11 is 0. The SMILES string of the molecule is CC(C)(C)[Si](OC(O)c1ccc(C(F)(F)F)cc1)(c1ccccc1)c1ccccc1. The van der Waals surface area contributed by atoms with E-state index in [-0.39, 0.29) is 10.6 Å². The Hall–Kier alpha value is -2.41. The number of hydrogen-bond donors (Lipinski definition) is 1. The van der Waals surface area contributed by atoms with Gasteiger partial charge in [0.2, 0.25) is 0 Å². The van der Waals surface area contributed by atoms with Crippen molar-refractivity contribution >= 4 is 18.7 Å². The van der Waals surface area contributed by atoms with Crippen LogP contribution in [0.3, 0.4) is 0 Å². The molecule has 3 aromatic carbocycles. The Kier molecular flexibility index (Phi) is 6.22. The summed E-state index contributed by atoms with van der Waals surface area (Å²) in [5.41, 5.74) is -0.472. The largest absolute Gasteiger partial charge is 0.416 e. The van der Waals surface area contributed by atoms with E-state index in [1.165, 1.54) is 12.1 Å². The van der Waals surface area contributed by atoms with Crippen LogP contribution in [0.4, 0.5) is 13.2 Å². The fourth-order valence-electron chi connectivity index (χ4n) is 3.76. The lowest BCUT2D eigenvalue weighted by Crippen LogP contribution is -2.66. The number of aliphatic hydroxyl groups is 1. The molecule has 0 aliphatic carbocycles. The first kappa shape index (κ1) is 22.3. The summed E-state index contributed by atoms with van der Waals surface area (Å²) in [6.45, 7) is 6.20. The fourth-order valence-corrected chi connectivity index (χ4v) is 8.25. The molecule has 0 aromatic heterocycles. The Balaban J connectivity index is 2.09. The van der Waals surface area contributed by atoms with Gasteiger partial charge in [0.1, 0.15) is 0 Å². The van der Waals surface area contributed by atoms with Gasteiger partial charge in [0, 0.05) is 5.56 Å². The summed E-state index contributed by atoms with van der Waals surface area (Å²) in [4.78, 5) is 0. The van der Waals surface area contributed by atoms with E-state index in [0.29, 0.717) is 0 Å². The zero-order valence-electron chi connectivity index (χ0n) is 17.1. The zero-order chi connectivity index (χ0) is 22.0. The third kappa shape index (κ3) is 4.36. The van der Waals surface area contributed by atoms with E-state index < -0.39 is 26.3 Å². The van der Waals surface area contributed by atoms with E-state index in [9.17, 15) is 18.3 Å². The molecular formula is C24H25F3O2Si. The molecule has 0 spiro atoms. The quantitative estimate of drug-likeness (QED) is 0.441. The summed E-state index contributed by atoms with van der Waals surface area (Å²) in [7, 11) is -3.02. The lowest BCUT2D eigenvalue weighted by Gasteiger charge is -2.44. The highest BCUT2D eigenvalue weighted by molar-refractivity contribution is 6.99. The highest BCUT2D eigenvalue weighted by atomic mass is 28.4. The van der Waals surface area contributed by atoms with Gasteiger partial charge in [-0.05, 0) is 27.5 Å². The molecule has 0 amide bonds. The Morgan fingerprint density at radius 2 is 1.17 bits per heavy atom. The van der Waals surface area contributed by atoms with Crippen LogP contribution in [0.1, 0.15) is 38.2 Å². The van der Waals surface area contributed by atoms with Crippen LogP contribution < -0.4 is 10.4 Å². The molecule has 1 atom stereocenters. The van der Waals surface area contributed by atoms with Crippen LogP contribution in [0, 0.1) is 0 Å². The minimum absolute atomic E-state index is 0.288. The number of alkyl halides is 3. The molecule has 0 fully saturated rings. The molecule has 1 unspecified atom stereocenters. The van der Waals surface area contributed by atoms with E-state index >= 15 is 0 Å². The normalized spacial score (nSPS) is 13.8. The van der Waals surface area contributed by atoms with Crippen molar-refractivity contribution in [3.8, 4) is 0 Å². The Bertz CT molecular complexity index is 910. The molecule has 0 aliphatic heterocycles. The zero-order valence-corrected chi connectivity index (χ0v) is 18.1. The second-order valence-electron chi connectivity index (χ2n) is 8.25. The number of rotatable bonds is 5. The minimum Gasteiger partial charge on any atom is -0.379 e.